The highest BCUT2D eigenvalue weighted by Crippen LogP contribution is 2.21. The number of hydrogen-bond acceptors (Lipinski definition) is 5. The maximum atomic E-state index is 12.4. The maximum Gasteiger partial charge on any atom is 0.240 e. The number of aryl methyl sites for hydroxylation is 3. The third-order valence-electron chi connectivity index (χ3n) is 3.32. The first-order valence-electron chi connectivity index (χ1n) is 6.90. The molecule has 0 spiro atoms. The molecule has 1 heterocycles. The third kappa shape index (κ3) is 3.85. The fourth-order valence-corrected chi connectivity index (χ4v) is 4.43. The van der Waals surface area contributed by atoms with E-state index in [1.54, 1.807) is 43.6 Å². The molecule has 120 valence electrons. The molecule has 0 bridgehead atoms. The van der Waals surface area contributed by atoms with Crippen molar-refractivity contribution in [2.24, 2.45) is 0 Å². The number of nitrogens with one attached hydrogen (secondary N) is 1. The molecule has 0 amide bonds. The van der Waals surface area contributed by atoms with Crippen molar-refractivity contribution in [2.75, 3.05) is 13.7 Å². The van der Waals surface area contributed by atoms with Crippen LogP contribution in [-0.4, -0.2) is 27.1 Å². The van der Waals surface area contributed by atoms with Gasteiger partial charge >= 0.3 is 0 Å². The predicted molar refractivity (Wildman–Crippen MR) is 88.2 cm³/mol. The number of hydrogen-bond donors (Lipinski definition) is 1. The maximum absolute atomic E-state index is 12.4. The van der Waals surface area contributed by atoms with Crippen molar-refractivity contribution in [3.8, 4) is 5.75 Å². The van der Waals surface area contributed by atoms with E-state index in [2.05, 4.69) is 9.71 Å². The summed E-state index contributed by atoms with van der Waals surface area (Å²) in [4.78, 5) is 5.75. The molecule has 0 aliphatic heterocycles. The van der Waals surface area contributed by atoms with Crippen LogP contribution in [0.4, 0.5) is 0 Å². The van der Waals surface area contributed by atoms with E-state index < -0.39 is 10.0 Å². The summed E-state index contributed by atoms with van der Waals surface area (Å²) in [6, 6.07) is 4.93. The van der Waals surface area contributed by atoms with E-state index in [0.29, 0.717) is 24.3 Å². The standard InChI is InChI=1S/C15H20N2O3S2/c1-10-9-13(20-4)5-6-15(10)22(18,19)16-8-7-14-11(2)17-12(3)21-14/h5-6,9,16H,7-8H2,1-4H3. The topological polar surface area (TPSA) is 68.3 Å². The van der Waals surface area contributed by atoms with Crippen LogP contribution in [0, 0.1) is 20.8 Å². The normalized spacial score (nSPS) is 11.6. The Balaban J connectivity index is 2.07. The minimum absolute atomic E-state index is 0.283. The molecular weight excluding hydrogens is 320 g/mol. The minimum atomic E-state index is -3.51. The molecule has 0 unspecified atom stereocenters. The Kier molecular flexibility index (Phi) is 5.20. The average molecular weight is 340 g/mol. The largest absolute Gasteiger partial charge is 0.497 e. The molecule has 0 aliphatic rings. The Hall–Kier alpha value is -1.44. The Morgan fingerprint density at radius 2 is 2.00 bits per heavy atom. The fraction of sp³-hybridized carbons (Fsp3) is 0.400. The number of thiazole rings is 1. The lowest BCUT2D eigenvalue weighted by Gasteiger charge is -2.10. The number of rotatable bonds is 6. The lowest BCUT2D eigenvalue weighted by atomic mass is 10.2. The van der Waals surface area contributed by atoms with E-state index in [4.69, 9.17) is 4.74 Å². The van der Waals surface area contributed by atoms with Crippen LogP contribution in [0.1, 0.15) is 21.1 Å². The summed E-state index contributed by atoms with van der Waals surface area (Å²) in [6.45, 7) is 6.01. The molecule has 22 heavy (non-hydrogen) atoms. The SMILES string of the molecule is COc1ccc(S(=O)(=O)NCCc2sc(C)nc2C)c(C)c1. The predicted octanol–water partition coefficient (Wildman–Crippen LogP) is 2.60. The van der Waals surface area contributed by atoms with Gasteiger partial charge in [0.25, 0.3) is 0 Å². The van der Waals surface area contributed by atoms with Gasteiger partial charge in [-0.3, -0.25) is 0 Å². The summed E-state index contributed by atoms with van der Waals surface area (Å²) >= 11 is 1.61. The van der Waals surface area contributed by atoms with Crippen LogP contribution >= 0.6 is 11.3 Å². The highest BCUT2D eigenvalue weighted by molar-refractivity contribution is 7.89. The number of sulfonamides is 1. The Labute approximate surface area is 135 Å². The van der Waals surface area contributed by atoms with Crippen molar-refractivity contribution in [3.05, 3.63) is 39.3 Å². The molecular formula is C15H20N2O3S2. The van der Waals surface area contributed by atoms with Crippen LogP contribution < -0.4 is 9.46 Å². The Morgan fingerprint density at radius 1 is 1.27 bits per heavy atom. The lowest BCUT2D eigenvalue weighted by Crippen LogP contribution is -2.26. The molecule has 5 nitrogen and oxygen atoms in total. The van der Waals surface area contributed by atoms with E-state index in [0.717, 1.165) is 15.6 Å². The first-order chi connectivity index (χ1) is 10.3. The second-order valence-corrected chi connectivity index (χ2v) is 8.04. The molecule has 2 aromatic rings. The summed E-state index contributed by atoms with van der Waals surface area (Å²) in [6.07, 6.45) is 0.645. The van der Waals surface area contributed by atoms with Crippen LogP contribution in [-0.2, 0) is 16.4 Å². The monoisotopic (exact) mass is 340 g/mol. The van der Waals surface area contributed by atoms with Crippen molar-refractivity contribution < 1.29 is 13.2 Å². The average Bonchev–Trinajstić information content (AvgIpc) is 2.76. The second kappa shape index (κ2) is 6.76. The smallest absolute Gasteiger partial charge is 0.240 e. The van der Waals surface area contributed by atoms with Gasteiger partial charge in [-0.1, -0.05) is 0 Å². The van der Waals surface area contributed by atoms with Gasteiger partial charge < -0.3 is 4.74 Å². The van der Waals surface area contributed by atoms with Gasteiger partial charge in [0.1, 0.15) is 5.75 Å². The van der Waals surface area contributed by atoms with Gasteiger partial charge in [-0.25, -0.2) is 18.1 Å². The minimum Gasteiger partial charge on any atom is -0.497 e. The fourth-order valence-electron chi connectivity index (χ4n) is 2.23. The van der Waals surface area contributed by atoms with Crippen molar-refractivity contribution in [2.45, 2.75) is 32.1 Å². The quantitative estimate of drug-likeness (QED) is 0.878. The van der Waals surface area contributed by atoms with Gasteiger partial charge in [-0.15, -0.1) is 11.3 Å². The molecule has 0 fully saturated rings. The molecule has 7 heteroatoms. The van der Waals surface area contributed by atoms with E-state index in [-0.39, 0.29) is 4.90 Å². The number of aromatic nitrogens is 1. The van der Waals surface area contributed by atoms with Crippen molar-refractivity contribution >= 4 is 21.4 Å². The molecule has 0 saturated heterocycles. The van der Waals surface area contributed by atoms with E-state index in [1.165, 1.54) is 0 Å². The summed E-state index contributed by atoms with van der Waals surface area (Å²) in [5.74, 6) is 0.646. The first kappa shape index (κ1) is 16.9. The zero-order chi connectivity index (χ0) is 16.3. The highest BCUT2D eigenvalue weighted by atomic mass is 32.2. The van der Waals surface area contributed by atoms with E-state index >= 15 is 0 Å². The summed E-state index contributed by atoms with van der Waals surface area (Å²) in [7, 11) is -1.96. The van der Waals surface area contributed by atoms with Crippen LogP contribution in [0.2, 0.25) is 0 Å². The van der Waals surface area contributed by atoms with Gasteiger partial charge in [0.05, 0.1) is 22.7 Å². The lowest BCUT2D eigenvalue weighted by molar-refractivity contribution is 0.414. The molecule has 2 rings (SSSR count). The number of ether oxygens (including phenoxy) is 1. The first-order valence-corrected chi connectivity index (χ1v) is 9.20. The Bertz CT molecular complexity index is 767. The zero-order valence-electron chi connectivity index (χ0n) is 13.1. The highest BCUT2D eigenvalue weighted by Gasteiger charge is 2.17. The van der Waals surface area contributed by atoms with Crippen molar-refractivity contribution in [1.82, 2.24) is 9.71 Å². The van der Waals surface area contributed by atoms with Crippen molar-refractivity contribution in [1.29, 1.82) is 0 Å². The van der Waals surface area contributed by atoms with Crippen LogP contribution in [0.25, 0.3) is 0 Å². The van der Waals surface area contributed by atoms with Gasteiger partial charge in [-0.2, -0.15) is 0 Å². The van der Waals surface area contributed by atoms with E-state index in [1.807, 2.05) is 13.8 Å². The number of benzene rings is 1. The molecule has 1 aromatic heterocycles. The van der Waals surface area contributed by atoms with Crippen LogP contribution in [0.3, 0.4) is 0 Å². The van der Waals surface area contributed by atoms with Gasteiger partial charge in [0.2, 0.25) is 10.0 Å². The van der Waals surface area contributed by atoms with Crippen molar-refractivity contribution in [3.63, 3.8) is 0 Å². The molecule has 1 N–H and O–H groups in total. The molecule has 1 aromatic carbocycles. The zero-order valence-corrected chi connectivity index (χ0v) is 14.8. The Morgan fingerprint density at radius 3 is 2.55 bits per heavy atom. The molecule has 0 saturated carbocycles. The van der Waals surface area contributed by atoms with Crippen LogP contribution in [0.5, 0.6) is 5.75 Å². The molecule has 0 aliphatic carbocycles. The second-order valence-electron chi connectivity index (χ2n) is 5.02. The van der Waals surface area contributed by atoms with Gasteiger partial charge in [0, 0.05) is 11.4 Å². The summed E-state index contributed by atoms with van der Waals surface area (Å²) in [5.41, 5.74) is 1.64. The number of methoxy groups -OCH3 is 1. The third-order valence-corrected chi connectivity index (χ3v) is 6.07. The summed E-state index contributed by atoms with van der Waals surface area (Å²) < 4.78 is 32.5. The summed E-state index contributed by atoms with van der Waals surface area (Å²) in [5, 5.41) is 1.00. The van der Waals surface area contributed by atoms with Gasteiger partial charge in [-0.05, 0) is 51.0 Å². The number of nitrogens with zero attached hydrogens (tertiary/aromatic N) is 1. The molecule has 0 atom stereocenters. The van der Waals surface area contributed by atoms with E-state index in [9.17, 15) is 8.42 Å². The molecule has 0 radical (unpaired) electrons. The van der Waals surface area contributed by atoms with Gasteiger partial charge in [0.15, 0.2) is 0 Å². The van der Waals surface area contributed by atoms with Crippen LogP contribution in [0.15, 0.2) is 23.1 Å².